The van der Waals surface area contributed by atoms with Crippen LogP contribution in [0.2, 0.25) is 10.0 Å². The fraction of sp³-hybridized carbons (Fsp3) is 0.500. The number of aromatic nitrogens is 2. The molecular formula is C30H36Cl2F2N4O3. The van der Waals surface area contributed by atoms with Crippen molar-refractivity contribution in [3.05, 3.63) is 45.4 Å². The summed E-state index contributed by atoms with van der Waals surface area (Å²) >= 11 is 13.3. The summed E-state index contributed by atoms with van der Waals surface area (Å²) in [7, 11) is 0. The molecule has 0 saturated carbocycles. The van der Waals surface area contributed by atoms with Gasteiger partial charge in [-0.1, -0.05) is 50.0 Å². The Morgan fingerprint density at radius 3 is 2.41 bits per heavy atom. The quantitative estimate of drug-likeness (QED) is 0.247. The first kappa shape index (κ1) is 31.0. The molecular weight excluding hydrogens is 573 g/mol. The van der Waals surface area contributed by atoms with Crippen molar-refractivity contribution in [2.24, 2.45) is 5.41 Å². The lowest BCUT2D eigenvalue weighted by Gasteiger charge is -2.34. The lowest BCUT2D eigenvalue weighted by molar-refractivity contribution is -0.126. The molecule has 1 saturated heterocycles. The number of esters is 1. The third-order valence-corrected chi connectivity index (χ3v) is 8.13. The SMILES string of the molecule is CCOC(=O)c1cc2nc(Nc3c(Cl)ccc(CCC(=O)C(C)(C)C)c3Cl)n(CC)c2cc1N1CCC(F)(F)CC1. The van der Waals surface area contributed by atoms with Gasteiger partial charge in [0.15, 0.2) is 0 Å². The van der Waals surface area contributed by atoms with Gasteiger partial charge in [0.1, 0.15) is 5.78 Å². The van der Waals surface area contributed by atoms with E-state index in [1.165, 1.54) is 0 Å². The molecule has 11 heteroatoms. The number of hydrogen-bond acceptors (Lipinski definition) is 6. The molecule has 41 heavy (non-hydrogen) atoms. The molecule has 0 spiro atoms. The maximum absolute atomic E-state index is 13.9. The van der Waals surface area contributed by atoms with Crippen molar-refractivity contribution >= 4 is 63.3 Å². The fourth-order valence-electron chi connectivity index (χ4n) is 4.92. The second-order valence-corrected chi connectivity index (χ2v) is 12.1. The predicted octanol–water partition coefficient (Wildman–Crippen LogP) is 8.07. The van der Waals surface area contributed by atoms with Crippen LogP contribution in [0.25, 0.3) is 11.0 Å². The van der Waals surface area contributed by atoms with Crippen LogP contribution >= 0.6 is 23.2 Å². The van der Waals surface area contributed by atoms with Crippen LogP contribution < -0.4 is 10.2 Å². The van der Waals surface area contributed by atoms with Crippen molar-refractivity contribution in [3.63, 3.8) is 0 Å². The summed E-state index contributed by atoms with van der Waals surface area (Å²) < 4.78 is 35.0. The van der Waals surface area contributed by atoms with Crippen LogP contribution in [0, 0.1) is 5.41 Å². The van der Waals surface area contributed by atoms with E-state index in [1.54, 1.807) is 24.0 Å². The predicted molar refractivity (Wildman–Crippen MR) is 160 cm³/mol. The maximum atomic E-state index is 13.9. The van der Waals surface area contributed by atoms with Gasteiger partial charge >= 0.3 is 5.97 Å². The Morgan fingerprint density at radius 2 is 1.80 bits per heavy atom. The third kappa shape index (κ3) is 6.78. The van der Waals surface area contributed by atoms with Gasteiger partial charge in [-0.15, -0.1) is 0 Å². The van der Waals surface area contributed by atoms with Crippen molar-refractivity contribution in [2.45, 2.75) is 72.8 Å². The Kier molecular flexibility index (Phi) is 9.19. The van der Waals surface area contributed by atoms with E-state index in [1.807, 2.05) is 44.4 Å². The number of imidazole rings is 1. The summed E-state index contributed by atoms with van der Waals surface area (Å²) in [6.07, 6.45) is 0.232. The topological polar surface area (TPSA) is 76.5 Å². The van der Waals surface area contributed by atoms with Gasteiger partial charge in [0, 0.05) is 44.3 Å². The van der Waals surface area contributed by atoms with Gasteiger partial charge in [-0.3, -0.25) is 4.79 Å². The van der Waals surface area contributed by atoms with Crippen LogP contribution in [0.4, 0.5) is 26.1 Å². The molecule has 1 aromatic heterocycles. The summed E-state index contributed by atoms with van der Waals surface area (Å²) in [6, 6.07) is 7.00. The summed E-state index contributed by atoms with van der Waals surface area (Å²) in [5, 5.41) is 4.05. The Hall–Kier alpha value is -2.91. The average molecular weight is 610 g/mol. The minimum absolute atomic E-state index is 0.117. The molecule has 0 aliphatic carbocycles. The number of halogens is 4. The van der Waals surface area contributed by atoms with Crippen molar-refractivity contribution in [1.82, 2.24) is 9.55 Å². The standard InChI is InChI=1S/C30H36Cl2F2N4O3/c1-6-38-23-17-22(37-14-12-30(33,34)13-15-37)19(27(40)41-7-2)16-21(23)35-28(38)36-26-20(31)10-8-18(25(26)32)9-11-24(39)29(3,4)5/h8,10,16-17H,6-7,9,11-15H2,1-5H3,(H,35,36). The van der Waals surface area contributed by atoms with E-state index >= 15 is 0 Å². The molecule has 0 unspecified atom stereocenters. The van der Waals surface area contributed by atoms with Crippen molar-refractivity contribution in [3.8, 4) is 0 Å². The van der Waals surface area contributed by atoms with Crippen molar-refractivity contribution < 1.29 is 23.1 Å². The van der Waals surface area contributed by atoms with Crippen LogP contribution in [0.3, 0.4) is 0 Å². The zero-order valence-electron chi connectivity index (χ0n) is 24.0. The Bertz CT molecular complexity index is 1460. The molecule has 1 fully saturated rings. The second-order valence-electron chi connectivity index (χ2n) is 11.3. The number of carbonyl (C=O) groups is 2. The number of nitrogens with zero attached hydrogens (tertiary/aromatic N) is 3. The minimum atomic E-state index is -2.72. The molecule has 7 nitrogen and oxygen atoms in total. The summed E-state index contributed by atoms with van der Waals surface area (Å²) in [6.45, 7) is 10.3. The third-order valence-electron chi connectivity index (χ3n) is 7.38. The molecule has 2 aromatic carbocycles. The van der Waals surface area contributed by atoms with E-state index in [0.29, 0.717) is 52.3 Å². The largest absolute Gasteiger partial charge is 0.462 e. The molecule has 0 atom stereocenters. The van der Waals surface area contributed by atoms with Gasteiger partial charge in [0.25, 0.3) is 5.92 Å². The highest BCUT2D eigenvalue weighted by Gasteiger charge is 2.35. The highest BCUT2D eigenvalue weighted by atomic mass is 35.5. The number of Topliss-reactive ketones (excluding diaryl/α,β-unsaturated/α-hetero) is 1. The van der Waals surface area contributed by atoms with Crippen LogP contribution in [-0.4, -0.2) is 46.9 Å². The van der Waals surface area contributed by atoms with E-state index in [0.717, 1.165) is 11.1 Å². The minimum Gasteiger partial charge on any atom is -0.462 e. The van der Waals surface area contributed by atoms with Crippen molar-refractivity contribution in [2.75, 3.05) is 29.9 Å². The van der Waals surface area contributed by atoms with Gasteiger partial charge in [0.2, 0.25) is 5.95 Å². The number of alkyl halides is 2. The van der Waals surface area contributed by atoms with E-state index < -0.39 is 17.3 Å². The monoisotopic (exact) mass is 608 g/mol. The van der Waals surface area contributed by atoms with Crippen molar-refractivity contribution in [1.29, 1.82) is 0 Å². The Balaban J connectivity index is 1.73. The first-order valence-electron chi connectivity index (χ1n) is 13.9. The molecule has 222 valence electrons. The van der Waals surface area contributed by atoms with Gasteiger partial charge < -0.3 is 19.5 Å². The van der Waals surface area contributed by atoms with Crippen LogP contribution in [0.5, 0.6) is 0 Å². The van der Waals surface area contributed by atoms with Crippen LogP contribution in [-0.2, 0) is 22.5 Å². The van der Waals surface area contributed by atoms with Crippen LogP contribution in [0.15, 0.2) is 24.3 Å². The number of aryl methyl sites for hydroxylation is 2. The lowest BCUT2D eigenvalue weighted by Crippen LogP contribution is -2.40. The maximum Gasteiger partial charge on any atom is 0.340 e. The van der Waals surface area contributed by atoms with E-state index in [9.17, 15) is 18.4 Å². The van der Waals surface area contributed by atoms with Gasteiger partial charge in [0.05, 0.1) is 44.6 Å². The number of nitrogens with one attached hydrogen (secondary N) is 1. The van der Waals surface area contributed by atoms with E-state index in [-0.39, 0.29) is 43.9 Å². The zero-order chi connectivity index (χ0) is 30.1. The summed E-state index contributed by atoms with van der Waals surface area (Å²) in [5.41, 5.74) is 2.86. The summed E-state index contributed by atoms with van der Waals surface area (Å²) in [4.78, 5) is 32.0. The number of ether oxygens (including phenoxy) is 1. The molecule has 3 aromatic rings. The van der Waals surface area contributed by atoms with E-state index in [2.05, 4.69) is 5.32 Å². The molecule has 2 heterocycles. The highest BCUT2D eigenvalue weighted by Crippen LogP contribution is 2.39. The first-order chi connectivity index (χ1) is 19.3. The molecule has 1 aliphatic rings. The number of rotatable bonds is 9. The number of fused-ring (bicyclic) bond motifs is 1. The normalized spacial score (nSPS) is 15.3. The number of benzene rings is 2. The Morgan fingerprint density at radius 1 is 1.12 bits per heavy atom. The number of anilines is 3. The number of hydrogen-bond donors (Lipinski definition) is 1. The molecule has 0 radical (unpaired) electrons. The van der Waals surface area contributed by atoms with Crippen LogP contribution in [0.1, 0.15) is 69.8 Å². The zero-order valence-corrected chi connectivity index (χ0v) is 25.6. The molecule has 0 amide bonds. The van der Waals surface area contributed by atoms with E-state index in [4.69, 9.17) is 32.9 Å². The van der Waals surface area contributed by atoms with Gasteiger partial charge in [-0.25, -0.2) is 18.6 Å². The average Bonchev–Trinajstić information content (AvgIpc) is 3.25. The molecule has 0 bridgehead atoms. The number of ketones is 1. The highest BCUT2D eigenvalue weighted by molar-refractivity contribution is 6.39. The first-order valence-corrected chi connectivity index (χ1v) is 14.6. The molecule has 4 rings (SSSR count). The number of carbonyl (C=O) groups excluding carboxylic acids is 2. The Labute approximate surface area is 249 Å². The number of piperidine rings is 1. The lowest BCUT2D eigenvalue weighted by atomic mass is 9.87. The molecule has 1 N–H and O–H groups in total. The molecule has 1 aliphatic heterocycles. The van der Waals surface area contributed by atoms with Gasteiger partial charge in [-0.05, 0) is 44.0 Å². The smallest absolute Gasteiger partial charge is 0.340 e. The second kappa shape index (κ2) is 12.1. The fourth-order valence-corrected chi connectivity index (χ4v) is 5.48. The summed E-state index contributed by atoms with van der Waals surface area (Å²) in [5.74, 6) is -2.67. The van der Waals surface area contributed by atoms with Gasteiger partial charge in [-0.2, -0.15) is 0 Å².